The number of primary sulfonamides is 1. The van der Waals surface area contributed by atoms with Crippen molar-refractivity contribution in [3.63, 3.8) is 0 Å². The molecule has 3 aromatic rings. The van der Waals surface area contributed by atoms with E-state index in [1.165, 1.54) is 31.4 Å². The minimum absolute atomic E-state index is 0.115. The number of benzene rings is 1. The molecule has 0 fully saturated rings. The molecular weight excluding hydrogens is 493 g/mol. The van der Waals surface area contributed by atoms with Crippen molar-refractivity contribution in [3.05, 3.63) is 48.0 Å². The third kappa shape index (κ3) is 6.33. The molecule has 0 aliphatic rings. The third-order valence-corrected chi connectivity index (χ3v) is 5.98. The Balaban J connectivity index is 2.25. The van der Waals surface area contributed by atoms with Crippen LogP contribution in [0.15, 0.2) is 36.8 Å². The fraction of sp³-hybridized carbons (Fsp3) is 0.455. The van der Waals surface area contributed by atoms with Gasteiger partial charge < -0.3 is 4.57 Å². The van der Waals surface area contributed by atoms with E-state index in [1.54, 1.807) is 4.57 Å². The summed E-state index contributed by atoms with van der Waals surface area (Å²) in [6, 6.07) is 2.62. The summed E-state index contributed by atoms with van der Waals surface area (Å²) in [7, 11) is -2.86. The zero-order valence-electron chi connectivity index (χ0n) is 19.5. The molecule has 2 aromatic heterocycles. The molecule has 0 saturated heterocycles. The van der Waals surface area contributed by atoms with Crippen molar-refractivity contribution < 1.29 is 30.4 Å². The summed E-state index contributed by atoms with van der Waals surface area (Å²) in [5.74, 6) is -0.805. The van der Waals surface area contributed by atoms with Crippen LogP contribution in [-0.2, 0) is 22.7 Å². The number of sulfonamides is 1. The van der Waals surface area contributed by atoms with Crippen LogP contribution in [0.1, 0.15) is 38.1 Å². The molecule has 0 saturated carbocycles. The number of nitrogens with zero attached hydrogens (tertiary/aromatic N) is 4. The number of nitrogens with two attached hydrogens (primary N) is 1. The van der Waals surface area contributed by atoms with Crippen molar-refractivity contribution in [1.82, 2.24) is 19.4 Å². The van der Waals surface area contributed by atoms with Gasteiger partial charge in [-0.1, -0.05) is 32.9 Å². The molecule has 1 atom stereocenters. The summed E-state index contributed by atoms with van der Waals surface area (Å²) < 4.78 is 93.7. The monoisotopic (exact) mass is 519 g/mol. The second-order valence-electron chi connectivity index (χ2n) is 9.58. The van der Waals surface area contributed by atoms with Gasteiger partial charge in [-0.25, -0.2) is 27.3 Å². The van der Waals surface area contributed by atoms with E-state index in [4.69, 9.17) is 5.14 Å². The van der Waals surface area contributed by atoms with Crippen LogP contribution in [0.3, 0.4) is 0 Å². The Kier molecular flexibility index (Phi) is 7.26. The number of fused-ring (bicyclic) bond motifs is 1. The van der Waals surface area contributed by atoms with Gasteiger partial charge in [-0.05, 0) is 18.5 Å². The zero-order valence-corrected chi connectivity index (χ0v) is 20.3. The number of rotatable bonds is 7. The Bertz CT molecular complexity index is 1320. The molecule has 1 aromatic carbocycles. The van der Waals surface area contributed by atoms with Gasteiger partial charge in [0.2, 0.25) is 10.0 Å². The van der Waals surface area contributed by atoms with Crippen LogP contribution < -0.4 is 5.14 Å². The highest BCUT2D eigenvalue weighted by Crippen LogP contribution is 2.39. The summed E-state index contributed by atoms with van der Waals surface area (Å²) >= 11 is 0. The van der Waals surface area contributed by atoms with Crippen LogP contribution in [-0.4, -0.2) is 47.2 Å². The van der Waals surface area contributed by atoms with Crippen LogP contribution in [0.2, 0.25) is 0 Å². The largest absolute Gasteiger partial charge is 0.435 e. The molecule has 0 aliphatic heterocycles. The first-order valence-electron chi connectivity index (χ1n) is 10.5. The van der Waals surface area contributed by atoms with Crippen LogP contribution in [0.25, 0.3) is 22.2 Å². The summed E-state index contributed by atoms with van der Waals surface area (Å²) in [6.07, 6.45) is -4.14. The Hall–Kier alpha value is -2.64. The molecule has 192 valence electrons. The average molecular weight is 520 g/mol. The van der Waals surface area contributed by atoms with E-state index >= 15 is 0 Å². The molecule has 0 unspecified atom stereocenters. The molecule has 2 N–H and O–H groups in total. The maximum absolute atomic E-state index is 14.2. The maximum atomic E-state index is 14.2. The Morgan fingerprint density at radius 2 is 1.74 bits per heavy atom. The summed E-state index contributed by atoms with van der Waals surface area (Å²) in [5.41, 5.74) is -1.21. The highest BCUT2D eigenvalue weighted by atomic mass is 32.2. The quantitative estimate of drug-likeness (QED) is 0.459. The molecule has 0 amide bonds. The van der Waals surface area contributed by atoms with E-state index < -0.39 is 40.2 Å². The number of halogens is 5. The second kappa shape index (κ2) is 9.43. The predicted octanol–water partition coefficient (Wildman–Crippen LogP) is 4.65. The van der Waals surface area contributed by atoms with E-state index in [1.807, 2.05) is 20.8 Å². The summed E-state index contributed by atoms with van der Waals surface area (Å²) in [4.78, 5) is 8.24. The van der Waals surface area contributed by atoms with Gasteiger partial charge in [-0.2, -0.15) is 13.2 Å². The molecule has 2 heterocycles. The Morgan fingerprint density at radius 3 is 2.29 bits per heavy atom. The van der Waals surface area contributed by atoms with Crippen LogP contribution >= 0.6 is 0 Å². The smallest absolute Gasteiger partial charge is 0.347 e. The molecule has 0 bridgehead atoms. The average Bonchev–Trinajstić information content (AvgIpc) is 3.01. The van der Waals surface area contributed by atoms with Crippen molar-refractivity contribution in [2.45, 2.75) is 46.0 Å². The van der Waals surface area contributed by atoms with E-state index in [0.717, 1.165) is 17.3 Å². The summed E-state index contributed by atoms with van der Waals surface area (Å²) in [5, 5.41) is 5.41. The van der Waals surface area contributed by atoms with E-state index in [2.05, 4.69) is 9.97 Å². The van der Waals surface area contributed by atoms with Gasteiger partial charge in [0.25, 0.3) is 6.43 Å². The zero-order chi connectivity index (χ0) is 26.3. The molecular formula is C22H26F5N5O2S. The minimum Gasteiger partial charge on any atom is -0.347 e. The molecule has 13 heteroatoms. The molecule has 0 radical (unpaired) electrons. The lowest BCUT2D eigenvalue weighted by molar-refractivity contribution is -0.140. The number of hydrogen-bond donors (Lipinski definition) is 1. The Labute approximate surface area is 199 Å². The highest BCUT2D eigenvalue weighted by molar-refractivity contribution is 7.89. The van der Waals surface area contributed by atoms with Crippen molar-refractivity contribution in [2.24, 2.45) is 10.6 Å². The molecule has 0 aliphatic carbocycles. The minimum atomic E-state index is -4.74. The topological polar surface area (TPSA) is 94.1 Å². The summed E-state index contributed by atoms with van der Waals surface area (Å²) in [6.45, 7) is 6.12. The predicted molar refractivity (Wildman–Crippen MR) is 122 cm³/mol. The lowest BCUT2D eigenvalue weighted by Crippen LogP contribution is -2.36. The fourth-order valence-corrected chi connectivity index (χ4v) is 4.76. The first-order valence-corrected chi connectivity index (χ1v) is 12.2. The van der Waals surface area contributed by atoms with Gasteiger partial charge in [0, 0.05) is 47.2 Å². The highest BCUT2D eigenvalue weighted by Gasteiger charge is 2.37. The molecule has 35 heavy (non-hydrogen) atoms. The van der Waals surface area contributed by atoms with Gasteiger partial charge >= 0.3 is 6.18 Å². The lowest BCUT2D eigenvalue weighted by atomic mass is 9.97. The van der Waals surface area contributed by atoms with Gasteiger partial charge in [0.05, 0.1) is 6.04 Å². The van der Waals surface area contributed by atoms with E-state index in [-0.39, 0.29) is 22.2 Å². The SMILES string of the molecule is CN(CS(N)(=O)=O)[C@@H](c1cn(CC(C)(C)C)c2cc(-c3nccnc3C(F)(F)F)ccc12)C(F)F. The van der Waals surface area contributed by atoms with Crippen molar-refractivity contribution in [3.8, 4) is 11.3 Å². The number of hydrogen-bond acceptors (Lipinski definition) is 5. The van der Waals surface area contributed by atoms with Gasteiger partial charge in [-0.15, -0.1) is 0 Å². The van der Waals surface area contributed by atoms with Crippen molar-refractivity contribution in [1.29, 1.82) is 0 Å². The first-order chi connectivity index (χ1) is 16.0. The normalized spacial score (nSPS) is 14.3. The third-order valence-electron chi connectivity index (χ3n) is 5.21. The van der Waals surface area contributed by atoms with E-state index in [0.29, 0.717) is 17.4 Å². The fourth-order valence-electron chi connectivity index (χ4n) is 4.03. The lowest BCUT2D eigenvalue weighted by Gasteiger charge is -2.26. The number of alkyl halides is 5. The second-order valence-corrected chi connectivity index (χ2v) is 11.2. The van der Waals surface area contributed by atoms with Gasteiger partial charge in [-0.3, -0.25) is 9.88 Å². The maximum Gasteiger partial charge on any atom is 0.435 e. The van der Waals surface area contributed by atoms with Crippen molar-refractivity contribution >= 4 is 20.9 Å². The van der Waals surface area contributed by atoms with Gasteiger partial charge in [0.15, 0.2) is 5.69 Å². The molecule has 3 rings (SSSR count). The molecule has 0 spiro atoms. The van der Waals surface area contributed by atoms with E-state index in [9.17, 15) is 30.4 Å². The standard InChI is InChI=1S/C22H26F5N5O2S/c1-21(2,3)11-32-10-15(18(20(23)24)31(4)12-35(28,33)34)14-6-5-13(9-16(14)32)17-19(22(25,26)27)30-8-7-29-17/h5-10,18,20H,11-12H2,1-4H3,(H2,28,33,34)/t18-/m0/s1. The van der Waals surface area contributed by atoms with Gasteiger partial charge in [0.1, 0.15) is 11.6 Å². The molecule has 7 nitrogen and oxygen atoms in total. The number of aromatic nitrogens is 3. The van der Waals surface area contributed by atoms with Crippen LogP contribution in [0.5, 0.6) is 0 Å². The first kappa shape index (κ1) is 27.0. The van der Waals surface area contributed by atoms with Crippen LogP contribution in [0, 0.1) is 5.41 Å². The Morgan fingerprint density at radius 1 is 1.11 bits per heavy atom. The van der Waals surface area contributed by atoms with Crippen LogP contribution in [0.4, 0.5) is 22.0 Å². The van der Waals surface area contributed by atoms with Crippen molar-refractivity contribution in [2.75, 3.05) is 12.9 Å².